The fourth-order valence-corrected chi connectivity index (χ4v) is 1.59. The molecule has 0 radical (unpaired) electrons. The number of ether oxygens (including phenoxy) is 3. The first kappa shape index (κ1) is 14.4. The largest absolute Gasteiger partial charge is 0.329 e. The molecule has 1 heterocycles. The first-order valence-corrected chi connectivity index (χ1v) is 6.10. The lowest BCUT2D eigenvalue weighted by Gasteiger charge is -2.31. The van der Waals surface area contributed by atoms with Crippen LogP contribution in [0.15, 0.2) is 18.3 Å². The molecular formula is C12H18ClNO3. The van der Waals surface area contributed by atoms with Gasteiger partial charge in [-0.3, -0.25) is 4.98 Å². The predicted molar refractivity (Wildman–Crippen MR) is 65.8 cm³/mol. The molecule has 17 heavy (non-hydrogen) atoms. The first-order chi connectivity index (χ1) is 8.18. The summed E-state index contributed by atoms with van der Waals surface area (Å²) >= 11 is 5.81. The Bertz CT molecular complexity index is 312. The molecule has 0 unspecified atom stereocenters. The van der Waals surface area contributed by atoms with Crippen molar-refractivity contribution in [2.24, 2.45) is 0 Å². The first-order valence-electron chi connectivity index (χ1n) is 5.72. The van der Waals surface area contributed by atoms with E-state index in [1.54, 1.807) is 18.3 Å². The summed E-state index contributed by atoms with van der Waals surface area (Å²) in [6, 6.07) is 3.47. The van der Waals surface area contributed by atoms with Gasteiger partial charge < -0.3 is 14.2 Å². The standard InChI is InChI=1S/C12H18ClNO3/c1-4-15-12(16-5-2,17-6-3)11-8-7-10(13)9-14-11/h7-9H,4-6H2,1-3H3. The van der Waals surface area contributed by atoms with Gasteiger partial charge in [-0.2, -0.15) is 0 Å². The van der Waals surface area contributed by atoms with Crippen molar-refractivity contribution < 1.29 is 14.2 Å². The van der Waals surface area contributed by atoms with Gasteiger partial charge in [0.1, 0.15) is 5.69 Å². The van der Waals surface area contributed by atoms with E-state index in [0.717, 1.165) is 0 Å². The summed E-state index contributed by atoms with van der Waals surface area (Å²) in [5.41, 5.74) is 0.562. The zero-order valence-electron chi connectivity index (χ0n) is 10.4. The maximum absolute atomic E-state index is 5.81. The van der Waals surface area contributed by atoms with Gasteiger partial charge in [-0.15, -0.1) is 0 Å². The molecule has 0 atom stereocenters. The Morgan fingerprint density at radius 1 is 1.06 bits per heavy atom. The highest BCUT2D eigenvalue weighted by molar-refractivity contribution is 6.30. The molecule has 96 valence electrons. The summed E-state index contributed by atoms with van der Waals surface area (Å²) in [6.07, 6.45) is 1.54. The topological polar surface area (TPSA) is 40.6 Å². The van der Waals surface area contributed by atoms with Crippen LogP contribution in [-0.2, 0) is 20.2 Å². The average molecular weight is 260 g/mol. The molecule has 0 bridgehead atoms. The van der Waals surface area contributed by atoms with Gasteiger partial charge in [0.05, 0.1) is 24.8 Å². The van der Waals surface area contributed by atoms with Crippen molar-refractivity contribution in [3.8, 4) is 0 Å². The maximum atomic E-state index is 5.81. The van der Waals surface area contributed by atoms with Crippen LogP contribution in [0.4, 0.5) is 0 Å². The minimum Gasteiger partial charge on any atom is -0.323 e. The van der Waals surface area contributed by atoms with Crippen LogP contribution in [0.3, 0.4) is 0 Å². The van der Waals surface area contributed by atoms with Crippen molar-refractivity contribution in [1.29, 1.82) is 0 Å². The van der Waals surface area contributed by atoms with Gasteiger partial charge in [0, 0.05) is 6.20 Å². The van der Waals surface area contributed by atoms with Crippen molar-refractivity contribution >= 4 is 11.6 Å². The van der Waals surface area contributed by atoms with Crippen LogP contribution in [0.5, 0.6) is 0 Å². The van der Waals surface area contributed by atoms with E-state index >= 15 is 0 Å². The Labute approximate surface area is 107 Å². The van der Waals surface area contributed by atoms with Crippen LogP contribution in [0, 0.1) is 0 Å². The van der Waals surface area contributed by atoms with E-state index in [9.17, 15) is 0 Å². The molecule has 4 nitrogen and oxygen atoms in total. The summed E-state index contributed by atoms with van der Waals surface area (Å²) in [5.74, 6) is -1.23. The Morgan fingerprint density at radius 3 is 1.94 bits per heavy atom. The van der Waals surface area contributed by atoms with E-state index in [4.69, 9.17) is 25.8 Å². The van der Waals surface area contributed by atoms with Gasteiger partial charge in [-0.1, -0.05) is 11.6 Å². The third-order valence-corrected chi connectivity index (χ3v) is 2.27. The quantitative estimate of drug-likeness (QED) is 0.706. The van der Waals surface area contributed by atoms with Crippen molar-refractivity contribution in [3.05, 3.63) is 29.0 Å². The van der Waals surface area contributed by atoms with Gasteiger partial charge in [-0.25, -0.2) is 0 Å². The summed E-state index contributed by atoms with van der Waals surface area (Å²) in [6.45, 7) is 7.02. The van der Waals surface area contributed by atoms with Gasteiger partial charge >= 0.3 is 5.97 Å². The molecule has 0 aromatic carbocycles. The Hall–Kier alpha value is -0.680. The van der Waals surface area contributed by atoms with Crippen molar-refractivity contribution in [3.63, 3.8) is 0 Å². The number of hydrogen-bond donors (Lipinski definition) is 0. The van der Waals surface area contributed by atoms with E-state index < -0.39 is 5.97 Å². The molecule has 0 amide bonds. The SMILES string of the molecule is CCOC(OCC)(OCC)c1ccc(Cl)cn1. The molecule has 0 aliphatic rings. The average Bonchev–Trinajstić information content (AvgIpc) is 2.30. The van der Waals surface area contributed by atoms with Crippen LogP contribution < -0.4 is 0 Å². The highest BCUT2D eigenvalue weighted by Crippen LogP contribution is 2.28. The van der Waals surface area contributed by atoms with Crippen LogP contribution in [0.1, 0.15) is 26.5 Å². The highest BCUT2D eigenvalue weighted by atomic mass is 35.5. The third-order valence-electron chi connectivity index (χ3n) is 2.04. The molecule has 0 aliphatic carbocycles. The molecule has 0 saturated carbocycles. The van der Waals surface area contributed by atoms with Gasteiger partial charge in [0.2, 0.25) is 0 Å². The fourth-order valence-electron chi connectivity index (χ4n) is 1.47. The zero-order valence-corrected chi connectivity index (χ0v) is 11.2. The molecular weight excluding hydrogens is 242 g/mol. The van der Waals surface area contributed by atoms with Crippen LogP contribution >= 0.6 is 11.6 Å². The monoisotopic (exact) mass is 259 g/mol. The van der Waals surface area contributed by atoms with Gasteiger partial charge in [0.25, 0.3) is 0 Å². The summed E-state index contributed by atoms with van der Waals surface area (Å²) in [7, 11) is 0. The lowest BCUT2D eigenvalue weighted by Crippen LogP contribution is -2.37. The Morgan fingerprint density at radius 2 is 1.59 bits per heavy atom. The lowest BCUT2D eigenvalue weighted by atomic mass is 10.3. The highest BCUT2D eigenvalue weighted by Gasteiger charge is 2.36. The second kappa shape index (κ2) is 6.91. The van der Waals surface area contributed by atoms with E-state index in [-0.39, 0.29) is 0 Å². The molecule has 0 saturated heterocycles. The minimum atomic E-state index is -1.23. The van der Waals surface area contributed by atoms with Gasteiger partial charge in [-0.05, 0) is 32.9 Å². The van der Waals surface area contributed by atoms with E-state index in [2.05, 4.69) is 4.98 Å². The molecule has 1 aromatic heterocycles. The van der Waals surface area contributed by atoms with E-state index in [1.807, 2.05) is 20.8 Å². The number of hydrogen-bond acceptors (Lipinski definition) is 4. The van der Waals surface area contributed by atoms with E-state index in [0.29, 0.717) is 30.5 Å². The molecule has 1 aromatic rings. The Balaban J connectivity index is 3.04. The fraction of sp³-hybridized carbons (Fsp3) is 0.583. The third kappa shape index (κ3) is 3.64. The summed E-state index contributed by atoms with van der Waals surface area (Å²) in [5, 5.41) is 0.562. The Kier molecular flexibility index (Phi) is 5.85. The van der Waals surface area contributed by atoms with Crippen molar-refractivity contribution in [1.82, 2.24) is 4.98 Å². The number of halogens is 1. The molecule has 0 N–H and O–H groups in total. The molecule has 5 heteroatoms. The summed E-state index contributed by atoms with van der Waals surface area (Å²) < 4.78 is 16.8. The molecule has 1 rings (SSSR count). The van der Waals surface area contributed by atoms with Crippen molar-refractivity contribution in [2.75, 3.05) is 19.8 Å². The molecule has 0 spiro atoms. The molecule has 0 fully saturated rings. The smallest absolute Gasteiger partial charge is 0.323 e. The number of pyridine rings is 1. The normalized spacial score (nSPS) is 11.8. The molecule has 0 aliphatic heterocycles. The lowest BCUT2D eigenvalue weighted by molar-refractivity contribution is -0.391. The van der Waals surface area contributed by atoms with Crippen LogP contribution in [0.2, 0.25) is 5.02 Å². The number of aromatic nitrogens is 1. The van der Waals surface area contributed by atoms with Crippen molar-refractivity contribution in [2.45, 2.75) is 26.7 Å². The second-order valence-electron chi connectivity index (χ2n) is 3.22. The predicted octanol–water partition coefficient (Wildman–Crippen LogP) is 2.95. The van der Waals surface area contributed by atoms with Gasteiger partial charge in [0.15, 0.2) is 0 Å². The second-order valence-corrected chi connectivity index (χ2v) is 3.65. The number of rotatable bonds is 7. The van der Waals surface area contributed by atoms with Crippen LogP contribution in [0.25, 0.3) is 0 Å². The summed E-state index contributed by atoms with van der Waals surface area (Å²) in [4.78, 5) is 4.20. The van der Waals surface area contributed by atoms with Crippen LogP contribution in [-0.4, -0.2) is 24.8 Å². The zero-order chi connectivity index (χ0) is 12.7. The van der Waals surface area contributed by atoms with E-state index in [1.165, 1.54) is 0 Å². The minimum absolute atomic E-state index is 0.463. The number of nitrogens with zero attached hydrogens (tertiary/aromatic N) is 1. The maximum Gasteiger partial charge on any atom is 0.329 e.